The van der Waals surface area contributed by atoms with Gasteiger partial charge in [0.2, 0.25) is 0 Å². The van der Waals surface area contributed by atoms with Crippen molar-refractivity contribution in [1.29, 1.82) is 0 Å². The van der Waals surface area contributed by atoms with Crippen LogP contribution in [0.5, 0.6) is 5.75 Å². The Morgan fingerprint density at radius 2 is 1.86 bits per heavy atom. The lowest BCUT2D eigenvalue weighted by Gasteiger charge is -2.20. The van der Waals surface area contributed by atoms with Gasteiger partial charge in [0, 0.05) is 12.3 Å². The number of benzene rings is 1. The number of sulfone groups is 1. The molecule has 0 aliphatic heterocycles. The molecule has 0 saturated carbocycles. The van der Waals surface area contributed by atoms with Crippen molar-refractivity contribution in [3.05, 3.63) is 17.9 Å². The van der Waals surface area contributed by atoms with Crippen LogP contribution in [0.3, 0.4) is 0 Å². The smallest absolute Gasteiger partial charge is 0.412 e. The zero-order chi connectivity index (χ0) is 16.4. The van der Waals surface area contributed by atoms with Crippen LogP contribution in [-0.2, 0) is 14.6 Å². The quantitative estimate of drug-likeness (QED) is 0.926. The van der Waals surface area contributed by atoms with Crippen LogP contribution >= 0.6 is 0 Å². The van der Waals surface area contributed by atoms with Crippen molar-refractivity contribution in [1.82, 2.24) is 0 Å². The van der Waals surface area contributed by atoms with Gasteiger partial charge in [0.15, 0.2) is 15.7 Å². The van der Waals surface area contributed by atoms with E-state index in [2.05, 4.69) is 5.32 Å². The van der Waals surface area contributed by atoms with Gasteiger partial charge in [0.25, 0.3) is 0 Å². The minimum absolute atomic E-state index is 0.110. The number of amides is 1. The van der Waals surface area contributed by atoms with Gasteiger partial charge >= 0.3 is 6.09 Å². The van der Waals surface area contributed by atoms with E-state index in [1.165, 1.54) is 7.11 Å². The molecule has 0 radical (unpaired) electrons. The predicted molar refractivity (Wildman–Crippen MR) is 75.9 cm³/mol. The lowest BCUT2D eigenvalue weighted by molar-refractivity contribution is 0.0634. The van der Waals surface area contributed by atoms with Gasteiger partial charge in [-0.2, -0.15) is 0 Å². The van der Waals surface area contributed by atoms with Crippen molar-refractivity contribution in [3.63, 3.8) is 0 Å². The molecule has 1 aromatic rings. The number of ether oxygens (including phenoxy) is 2. The summed E-state index contributed by atoms with van der Waals surface area (Å²) >= 11 is 0. The second-order valence-electron chi connectivity index (χ2n) is 5.38. The minimum atomic E-state index is -3.60. The highest BCUT2D eigenvalue weighted by Crippen LogP contribution is 2.31. The number of hydrogen-bond acceptors (Lipinski definition) is 5. The fourth-order valence-electron chi connectivity index (χ4n) is 1.46. The zero-order valence-corrected chi connectivity index (χ0v) is 13.3. The van der Waals surface area contributed by atoms with E-state index in [-0.39, 0.29) is 16.3 Å². The third kappa shape index (κ3) is 4.89. The molecule has 0 atom stereocenters. The first-order chi connectivity index (χ1) is 9.44. The molecule has 1 rings (SSSR count). The summed E-state index contributed by atoms with van der Waals surface area (Å²) in [6.45, 7) is 4.98. The molecule has 21 heavy (non-hydrogen) atoms. The summed E-state index contributed by atoms with van der Waals surface area (Å²) in [6.07, 6.45) is 0.0779. The number of rotatable bonds is 3. The Kier molecular flexibility index (Phi) is 4.83. The van der Waals surface area contributed by atoms with E-state index >= 15 is 0 Å². The molecule has 0 heterocycles. The molecule has 1 N–H and O–H groups in total. The van der Waals surface area contributed by atoms with E-state index in [1.807, 2.05) is 0 Å². The van der Waals surface area contributed by atoms with Crippen molar-refractivity contribution in [2.75, 3.05) is 18.7 Å². The minimum Gasteiger partial charge on any atom is -0.494 e. The SMILES string of the molecule is COc1cc(S(C)(=O)=O)cc(F)c1NC(=O)OC(C)(C)C. The molecule has 1 amide bonds. The van der Waals surface area contributed by atoms with Gasteiger partial charge in [0.1, 0.15) is 17.0 Å². The summed E-state index contributed by atoms with van der Waals surface area (Å²) in [5, 5.41) is 2.21. The number of anilines is 1. The van der Waals surface area contributed by atoms with Crippen LogP contribution in [0.1, 0.15) is 20.8 Å². The average molecular weight is 319 g/mol. The predicted octanol–water partition coefficient (Wildman–Crippen LogP) is 2.58. The van der Waals surface area contributed by atoms with Crippen molar-refractivity contribution >= 4 is 21.6 Å². The van der Waals surface area contributed by atoms with Gasteiger partial charge in [-0.05, 0) is 26.8 Å². The van der Waals surface area contributed by atoms with Gasteiger partial charge in [-0.25, -0.2) is 17.6 Å². The molecule has 0 bridgehead atoms. The summed E-state index contributed by atoms with van der Waals surface area (Å²) < 4.78 is 46.8. The van der Waals surface area contributed by atoms with Gasteiger partial charge in [-0.1, -0.05) is 0 Å². The number of carbonyl (C=O) groups excluding carboxylic acids is 1. The van der Waals surface area contributed by atoms with E-state index in [0.717, 1.165) is 18.4 Å². The molecule has 1 aromatic carbocycles. The van der Waals surface area contributed by atoms with Crippen LogP contribution < -0.4 is 10.1 Å². The Hall–Kier alpha value is -1.83. The van der Waals surface area contributed by atoms with Gasteiger partial charge < -0.3 is 9.47 Å². The molecule has 6 nitrogen and oxygen atoms in total. The van der Waals surface area contributed by atoms with Crippen LogP contribution in [0.25, 0.3) is 0 Å². The van der Waals surface area contributed by atoms with E-state index in [4.69, 9.17) is 9.47 Å². The molecular weight excluding hydrogens is 301 g/mol. The van der Waals surface area contributed by atoms with E-state index in [9.17, 15) is 17.6 Å². The second-order valence-corrected chi connectivity index (χ2v) is 7.40. The topological polar surface area (TPSA) is 81.7 Å². The first-order valence-electron chi connectivity index (χ1n) is 6.01. The number of halogens is 1. The number of methoxy groups -OCH3 is 1. The Morgan fingerprint density at radius 3 is 2.29 bits per heavy atom. The van der Waals surface area contributed by atoms with Crippen molar-refractivity contribution in [2.45, 2.75) is 31.3 Å². The molecule has 0 spiro atoms. The molecular formula is C13H18FNO5S. The standard InChI is InChI=1S/C13H18FNO5S/c1-13(2,3)20-12(16)15-11-9(14)6-8(21(5,17)18)7-10(11)19-4/h6-7H,1-5H3,(H,15,16). The third-order valence-corrected chi connectivity index (χ3v) is 3.39. The Balaban J connectivity index is 3.17. The molecule has 0 aliphatic rings. The average Bonchev–Trinajstić information content (AvgIpc) is 2.27. The molecule has 8 heteroatoms. The van der Waals surface area contributed by atoms with Gasteiger partial charge in [0.05, 0.1) is 12.0 Å². The molecule has 0 aromatic heterocycles. The Labute approximate surface area is 123 Å². The van der Waals surface area contributed by atoms with E-state index in [0.29, 0.717) is 0 Å². The number of carbonyl (C=O) groups is 1. The molecule has 0 aliphatic carbocycles. The fourth-order valence-corrected chi connectivity index (χ4v) is 2.10. The summed E-state index contributed by atoms with van der Waals surface area (Å²) in [6, 6.07) is 1.94. The maximum atomic E-state index is 14.0. The van der Waals surface area contributed by atoms with E-state index in [1.54, 1.807) is 20.8 Å². The number of nitrogens with one attached hydrogen (secondary N) is 1. The maximum Gasteiger partial charge on any atom is 0.412 e. The first-order valence-corrected chi connectivity index (χ1v) is 7.91. The lowest BCUT2D eigenvalue weighted by Crippen LogP contribution is -2.27. The maximum absolute atomic E-state index is 14.0. The number of hydrogen-bond donors (Lipinski definition) is 1. The second kappa shape index (κ2) is 5.88. The normalized spacial score (nSPS) is 11.9. The summed E-state index contributed by atoms with van der Waals surface area (Å²) in [4.78, 5) is 11.4. The highest BCUT2D eigenvalue weighted by molar-refractivity contribution is 7.90. The molecule has 0 saturated heterocycles. The summed E-state index contributed by atoms with van der Waals surface area (Å²) in [5.41, 5.74) is -1.03. The van der Waals surface area contributed by atoms with Crippen molar-refractivity contribution < 1.29 is 27.1 Å². The largest absolute Gasteiger partial charge is 0.494 e. The highest BCUT2D eigenvalue weighted by atomic mass is 32.2. The van der Waals surface area contributed by atoms with Gasteiger partial charge in [-0.15, -0.1) is 0 Å². The summed E-state index contributed by atoms with van der Waals surface area (Å²) in [5.74, 6) is -1.04. The first kappa shape index (κ1) is 17.2. The van der Waals surface area contributed by atoms with Gasteiger partial charge in [-0.3, -0.25) is 5.32 Å². The van der Waals surface area contributed by atoms with Crippen LogP contribution in [0.4, 0.5) is 14.9 Å². The Bertz CT molecular complexity index is 649. The van der Waals surface area contributed by atoms with Crippen molar-refractivity contribution in [2.24, 2.45) is 0 Å². The van der Waals surface area contributed by atoms with Crippen LogP contribution in [0.15, 0.2) is 17.0 Å². The van der Waals surface area contributed by atoms with Crippen LogP contribution in [0.2, 0.25) is 0 Å². The monoisotopic (exact) mass is 319 g/mol. The van der Waals surface area contributed by atoms with Crippen LogP contribution in [0, 0.1) is 5.82 Å². The van der Waals surface area contributed by atoms with Crippen LogP contribution in [-0.4, -0.2) is 33.5 Å². The summed E-state index contributed by atoms with van der Waals surface area (Å²) in [7, 11) is -2.36. The van der Waals surface area contributed by atoms with Crippen molar-refractivity contribution in [3.8, 4) is 5.75 Å². The lowest BCUT2D eigenvalue weighted by atomic mass is 10.2. The molecule has 0 unspecified atom stereocenters. The highest BCUT2D eigenvalue weighted by Gasteiger charge is 2.21. The fraction of sp³-hybridized carbons (Fsp3) is 0.462. The third-order valence-electron chi connectivity index (χ3n) is 2.30. The Morgan fingerprint density at radius 1 is 1.29 bits per heavy atom. The van der Waals surface area contributed by atoms with E-state index < -0.39 is 27.3 Å². The zero-order valence-electron chi connectivity index (χ0n) is 12.5. The molecule has 118 valence electrons. The molecule has 0 fully saturated rings.